The standard InChI is InChI=1S/C23H19FN6O3/c1-11(29-22-18(21(26)31)20(25)27-10-28-22)19-16(12-5-3-2-4-6-12)17(23(32)33)14-9-13(24)7-8-15(14)30-19/h2-11H,1H3,(H2,26,31)(H,32,33)(H3,25,27,28,29). The van der Waals surface area contributed by atoms with Crippen LogP contribution in [0.4, 0.5) is 16.0 Å². The van der Waals surface area contributed by atoms with E-state index in [9.17, 15) is 19.1 Å². The summed E-state index contributed by atoms with van der Waals surface area (Å²) in [5, 5.41) is 13.3. The second-order valence-corrected chi connectivity index (χ2v) is 7.29. The number of aromatic nitrogens is 3. The van der Waals surface area contributed by atoms with E-state index in [0.29, 0.717) is 22.3 Å². The van der Waals surface area contributed by atoms with Crippen molar-refractivity contribution in [2.45, 2.75) is 13.0 Å². The summed E-state index contributed by atoms with van der Waals surface area (Å²) in [6.07, 6.45) is 1.17. The number of benzene rings is 2. The van der Waals surface area contributed by atoms with Gasteiger partial charge in [0.15, 0.2) is 0 Å². The van der Waals surface area contributed by atoms with Crippen LogP contribution < -0.4 is 16.8 Å². The topological polar surface area (TPSA) is 157 Å². The number of hydrogen-bond donors (Lipinski definition) is 4. The van der Waals surface area contributed by atoms with Crippen LogP contribution in [0, 0.1) is 5.82 Å². The van der Waals surface area contributed by atoms with Crippen LogP contribution in [-0.2, 0) is 0 Å². The first kappa shape index (κ1) is 21.6. The minimum Gasteiger partial charge on any atom is -0.478 e. The Balaban J connectivity index is 1.98. The molecule has 2 aromatic heterocycles. The molecular weight excluding hydrogens is 427 g/mol. The van der Waals surface area contributed by atoms with Crippen LogP contribution in [0.3, 0.4) is 0 Å². The number of rotatable bonds is 6. The minimum atomic E-state index is -1.23. The average molecular weight is 446 g/mol. The number of amides is 1. The van der Waals surface area contributed by atoms with Gasteiger partial charge in [0.1, 0.15) is 29.3 Å². The zero-order valence-corrected chi connectivity index (χ0v) is 17.4. The van der Waals surface area contributed by atoms with E-state index in [4.69, 9.17) is 11.5 Å². The summed E-state index contributed by atoms with van der Waals surface area (Å²) >= 11 is 0. The van der Waals surface area contributed by atoms with Crippen molar-refractivity contribution in [3.8, 4) is 11.1 Å². The number of nitrogens with two attached hydrogens (primary N) is 2. The number of primary amides is 1. The molecule has 4 aromatic rings. The van der Waals surface area contributed by atoms with Crippen LogP contribution in [0.15, 0.2) is 54.9 Å². The number of pyridine rings is 1. The van der Waals surface area contributed by atoms with Crippen molar-refractivity contribution < 1.29 is 19.1 Å². The van der Waals surface area contributed by atoms with Gasteiger partial charge in [-0.2, -0.15) is 0 Å². The third-order valence-electron chi connectivity index (χ3n) is 5.14. The summed E-state index contributed by atoms with van der Waals surface area (Å²) in [5.74, 6) is -2.64. The molecule has 1 atom stereocenters. The van der Waals surface area contributed by atoms with Crippen molar-refractivity contribution in [3.05, 3.63) is 77.5 Å². The summed E-state index contributed by atoms with van der Waals surface area (Å²) in [6.45, 7) is 1.72. The van der Waals surface area contributed by atoms with Crippen molar-refractivity contribution >= 4 is 34.4 Å². The lowest BCUT2D eigenvalue weighted by Gasteiger charge is -2.22. The van der Waals surface area contributed by atoms with Gasteiger partial charge in [0, 0.05) is 10.9 Å². The van der Waals surface area contributed by atoms with Gasteiger partial charge in [-0.1, -0.05) is 30.3 Å². The first-order valence-electron chi connectivity index (χ1n) is 9.86. The van der Waals surface area contributed by atoms with Crippen molar-refractivity contribution in [2.75, 3.05) is 11.1 Å². The Kier molecular flexibility index (Phi) is 5.57. The molecule has 1 amide bonds. The van der Waals surface area contributed by atoms with Crippen LogP contribution in [-0.4, -0.2) is 31.9 Å². The molecule has 0 aliphatic rings. The minimum absolute atomic E-state index is 0.0828. The molecule has 2 aromatic carbocycles. The first-order valence-corrected chi connectivity index (χ1v) is 9.86. The molecule has 9 nitrogen and oxygen atoms in total. The summed E-state index contributed by atoms with van der Waals surface area (Å²) in [5.41, 5.74) is 12.6. The smallest absolute Gasteiger partial charge is 0.337 e. The number of halogens is 1. The molecule has 1 unspecified atom stereocenters. The van der Waals surface area contributed by atoms with E-state index in [1.807, 2.05) is 0 Å². The van der Waals surface area contributed by atoms with Gasteiger partial charge in [-0.3, -0.25) is 4.79 Å². The van der Waals surface area contributed by atoms with Gasteiger partial charge in [-0.05, 0) is 30.7 Å². The molecule has 33 heavy (non-hydrogen) atoms. The number of hydrogen-bond acceptors (Lipinski definition) is 7. The fraction of sp³-hybridized carbons (Fsp3) is 0.0870. The highest BCUT2D eigenvalue weighted by Crippen LogP contribution is 2.36. The molecular formula is C23H19FN6O3. The average Bonchev–Trinajstić information content (AvgIpc) is 2.78. The maximum absolute atomic E-state index is 14.0. The number of carbonyl (C=O) groups is 2. The molecule has 0 radical (unpaired) electrons. The van der Waals surface area contributed by atoms with Gasteiger partial charge in [-0.15, -0.1) is 0 Å². The predicted octanol–water partition coefficient (Wildman–Crippen LogP) is 3.38. The van der Waals surface area contributed by atoms with Crippen molar-refractivity contribution in [2.24, 2.45) is 5.73 Å². The molecule has 166 valence electrons. The molecule has 0 saturated heterocycles. The van der Waals surface area contributed by atoms with E-state index in [2.05, 4.69) is 20.3 Å². The van der Waals surface area contributed by atoms with Crippen molar-refractivity contribution in [1.29, 1.82) is 0 Å². The molecule has 0 aliphatic heterocycles. The molecule has 0 saturated carbocycles. The summed E-state index contributed by atoms with van der Waals surface area (Å²) < 4.78 is 14.0. The van der Waals surface area contributed by atoms with Gasteiger partial charge >= 0.3 is 5.97 Å². The zero-order chi connectivity index (χ0) is 23.7. The summed E-state index contributed by atoms with van der Waals surface area (Å²) in [7, 11) is 0. The lowest BCUT2D eigenvalue weighted by Crippen LogP contribution is -2.21. The summed E-state index contributed by atoms with van der Waals surface area (Å²) in [6, 6.07) is 11.9. The molecule has 6 N–H and O–H groups in total. The molecule has 2 heterocycles. The maximum atomic E-state index is 14.0. The van der Waals surface area contributed by atoms with Crippen LogP contribution in [0.1, 0.15) is 39.4 Å². The number of nitrogen functional groups attached to an aromatic ring is 1. The van der Waals surface area contributed by atoms with E-state index >= 15 is 0 Å². The van der Waals surface area contributed by atoms with E-state index in [1.54, 1.807) is 37.3 Å². The van der Waals surface area contributed by atoms with Crippen LogP contribution in [0.5, 0.6) is 0 Å². The van der Waals surface area contributed by atoms with Gasteiger partial charge in [-0.25, -0.2) is 24.1 Å². The lowest BCUT2D eigenvalue weighted by atomic mass is 9.92. The number of aromatic carboxylic acids is 1. The van der Waals surface area contributed by atoms with Crippen LogP contribution in [0.25, 0.3) is 22.0 Å². The number of fused-ring (bicyclic) bond motifs is 1. The number of carbonyl (C=O) groups excluding carboxylic acids is 1. The van der Waals surface area contributed by atoms with Crippen LogP contribution in [0.2, 0.25) is 0 Å². The number of nitrogens with zero attached hydrogens (tertiary/aromatic N) is 3. The Morgan fingerprint density at radius 1 is 1.09 bits per heavy atom. The highest BCUT2D eigenvalue weighted by atomic mass is 19.1. The third-order valence-corrected chi connectivity index (χ3v) is 5.14. The van der Waals surface area contributed by atoms with Gasteiger partial charge in [0.05, 0.1) is 22.8 Å². The van der Waals surface area contributed by atoms with E-state index in [1.165, 1.54) is 18.5 Å². The molecule has 4 rings (SSSR count). The molecule has 10 heteroatoms. The maximum Gasteiger partial charge on any atom is 0.337 e. The fourth-order valence-electron chi connectivity index (χ4n) is 3.71. The largest absolute Gasteiger partial charge is 0.478 e. The highest BCUT2D eigenvalue weighted by Gasteiger charge is 2.26. The Hall–Kier alpha value is -4.60. The lowest BCUT2D eigenvalue weighted by molar-refractivity contribution is 0.0699. The molecule has 0 aliphatic carbocycles. The number of carboxylic acids is 1. The second kappa shape index (κ2) is 8.50. The normalized spacial score (nSPS) is 11.8. The Morgan fingerprint density at radius 2 is 1.82 bits per heavy atom. The first-order chi connectivity index (χ1) is 15.8. The number of anilines is 2. The van der Waals surface area contributed by atoms with Crippen molar-refractivity contribution in [3.63, 3.8) is 0 Å². The SMILES string of the molecule is CC(Nc1ncnc(N)c1C(N)=O)c1nc2ccc(F)cc2c(C(=O)O)c1-c1ccccc1. The zero-order valence-electron chi connectivity index (χ0n) is 17.4. The van der Waals surface area contributed by atoms with E-state index in [-0.39, 0.29) is 28.1 Å². The van der Waals surface area contributed by atoms with E-state index < -0.39 is 23.7 Å². The summed E-state index contributed by atoms with van der Waals surface area (Å²) in [4.78, 5) is 36.8. The highest BCUT2D eigenvalue weighted by molar-refractivity contribution is 6.09. The van der Waals surface area contributed by atoms with Crippen molar-refractivity contribution in [1.82, 2.24) is 15.0 Å². The van der Waals surface area contributed by atoms with Crippen LogP contribution >= 0.6 is 0 Å². The second-order valence-electron chi connectivity index (χ2n) is 7.29. The Labute approximate surface area is 187 Å². The third kappa shape index (κ3) is 4.01. The molecule has 0 spiro atoms. The van der Waals surface area contributed by atoms with Gasteiger partial charge in [0.2, 0.25) is 0 Å². The molecule has 0 bridgehead atoms. The predicted molar refractivity (Wildman–Crippen MR) is 121 cm³/mol. The van der Waals surface area contributed by atoms with E-state index in [0.717, 1.165) is 6.07 Å². The number of carboxylic acid groups (broad SMARTS) is 1. The number of nitrogens with one attached hydrogen (secondary N) is 1. The fourth-order valence-corrected chi connectivity index (χ4v) is 3.71. The Morgan fingerprint density at radius 3 is 2.48 bits per heavy atom. The van der Waals surface area contributed by atoms with Gasteiger partial charge < -0.3 is 21.9 Å². The van der Waals surface area contributed by atoms with Gasteiger partial charge in [0.25, 0.3) is 5.91 Å². The molecule has 0 fully saturated rings. The Bertz CT molecular complexity index is 1390. The quantitative estimate of drug-likeness (QED) is 0.351. The monoisotopic (exact) mass is 446 g/mol.